The molecule has 2 atom stereocenters. The Labute approximate surface area is 172 Å². The Kier molecular flexibility index (Phi) is 5.81. The molecule has 0 radical (unpaired) electrons. The Balaban J connectivity index is 1.68. The third-order valence-corrected chi connectivity index (χ3v) is 7.52. The van der Waals surface area contributed by atoms with Crippen LogP contribution in [0.5, 0.6) is 0 Å². The summed E-state index contributed by atoms with van der Waals surface area (Å²) in [4.78, 5) is 0. The molecule has 1 saturated carbocycles. The van der Waals surface area contributed by atoms with Crippen LogP contribution in [0, 0.1) is 5.41 Å². The summed E-state index contributed by atoms with van der Waals surface area (Å²) in [5.41, 5.74) is 4.19. The summed E-state index contributed by atoms with van der Waals surface area (Å²) in [7, 11) is 0. The van der Waals surface area contributed by atoms with E-state index < -0.39 is 11.4 Å². The van der Waals surface area contributed by atoms with Crippen molar-refractivity contribution in [3.8, 4) is 0 Å². The van der Waals surface area contributed by atoms with Crippen LogP contribution in [0.15, 0.2) is 24.4 Å². The van der Waals surface area contributed by atoms with Gasteiger partial charge in [-0.2, -0.15) is 0 Å². The predicted octanol–water partition coefficient (Wildman–Crippen LogP) is 5.06. The van der Waals surface area contributed by atoms with Gasteiger partial charge in [0.25, 0.3) is 0 Å². The Bertz CT molecular complexity index is 816. The van der Waals surface area contributed by atoms with Crippen molar-refractivity contribution < 1.29 is 9.29 Å². The van der Waals surface area contributed by atoms with Gasteiger partial charge >= 0.3 is 0 Å². The fourth-order valence-electron chi connectivity index (χ4n) is 4.23. The smallest absolute Gasteiger partial charge is 0.135 e. The Hall–Kier alpha value is -1.01. The third-order valence-electron chi connectivity index (χ3n) is 5.86. The van der Waals surface area contributed by atoms with E-state index in [1.165, 1.54) is 22.0 Å². The molecule has 1 N–H and O–H groups in total. The van der Waals surface area contributed by atoms with E-state index in [1.54, 1.807) is 0 Å². The number of fused-ring (bicyclic) bond motifs is 1. The Morgan fingerprint density at radius 3 is 2.57 bits per heavy atom. The summed E-state index contributed by atoms with van der Waals surface area (Å²) in [6.45, 7) is 11.7. The quantitative estimate of drug-likeness (QED) is 0.687. The summed E-state index contributed by atoms with van der Waals surface area (Å²) in [5, 5.41) is 1.64. The summed E-state index contributed by atoms with van der Waals surface area (Å²) >= 11 is -0.925. The van der Waals surface area contributed by atoms with Gasteiger partial charge < -0.3 is 13.9 Å². The number of ether oxygens (including phenoxy) is 1. The van der Waals surface area contributed by atoms with Crippen LogP contribution < -0.4 is 4.72 Å². The molecule has 1 aromatic heterocycles. The highest BCUT2D eigenvalue weighted by molar-refractivity contribution is 7.90. The molecule has 2 aromatic rings. The zero-order valence-corrected chi connectivity index (χ0v) is 18.5. The van der Waals surface area contributed by atoms with E-state index in [9.17, 15) is 4.55 Å². The lowest BCUT2D eigenvalue weighted by Crippen LogP contribution is -2.29. The fraction of sp³-hybridized carbons (Fsp3) is 0.652. The first-order valence-corrected chi connectivity index (χ1v) is 11.9. The highest BCUT2D eigenvalue weighted by atomic mass is 32.2. The summed E-state index contributed by atoms with van der Waals surface area (Å²) in [5.74, 6) is 0.595. The highest BCUT2D eigenvalue weighted by Gasteiger charge is 2.36. The molecule has 2 unspecified atom stereocenters. The van der Waals surface area contributed by atoms with Gasteiger partial charge in [0.2, 0.25) is 0 Å². The number of hydrogen-bond donors (Lipinski definition) is 1. The SMILES string of the molecule is CC(N[S+]([O-])C1CC1)c1cn(CC(C)(C)C)c2cc(C3CCOCC3)ccc12. The highest BCUT2D eigenvalue weighted by Crippen LogP contribution is 2.35. The van der Waals surface area contributed by atoms with E-state index in [1.807, 2.05) is 0 Å². The van der Waals surface area contributed by atoms with E-state index in [0.29, 0.717) is 11.2 Å². The molecule has 1 aliphatic carbocycles. The van der Waals surface area contributed by atoms with E-state index in [4.69, 9.17) is 4.74 Å². The molecule has 154 valence electrons. The maximum atomic E-state index is 12.4. The van der Waals surface area contributed by atoms with Crippen molar-refractivity contribution >= 4 is 22.3 Å². The van der Waals surface area contributed by atoms with Crippen LogP contribution >= 0.6 is 0 Å². The van der Waals surface area contributed by atoms with E-state index >= 15 is 0 Å². The molecule has 5 heteroatoms. The molecule has 1 saturated heterocycles. The lowest BCUT2D eigenvalue weighted by atomic mass is 9.90. The van der Waals surface area contributed by atoms with Crippen LogP contribution in [0.1, 0.15) is 76.5 Å². The molecular formula is C23H34N2O2S. The second-order valence-corrected chi connectivity index (χ2v) is 11.3. The minimum absolute atomic E-state index is 0.0825. The predicted molar refractivity (Wildman–Crippen MR) is 117 cm³/mol. The van der Waals surface area contributed by atoms with E-state index in [0.717, 1.165) is 45.4 Å². The molecule has 2 heterocycles. The molecule has 28 heavy (non-hydrogen) atoms. The van der Waals surface area contributed by atoms with Crippen LogP contribution in [0.3, 0.4) is 0 Å². The van der Waals surface area contributed by atoms with Gasteiger partial charge in [-0.3, -0.25) is 0 Å². The minimum atomic E-state index is -0.925. The number of nitrogens with zero attached hydrogens (tertiary/aromatic N) is 1. The van der Waals surface area contributed by atoms with Crippen molar-refractivity contribution in [1.29, 1.82) is 0 Å². The van der Waals surface area contributed by atoms with Crippen molar-refractivity contribution in [2.75, 3.05) is 13.2 Å². The monoisotopic (exact) mass is 402 g/mol. The maximum Gasteiger partial charge on any atom is 0.135 e. The fourth-order valence-corrected chi connectivity index (χ4v) is 5.46. The van der Waals surface area contributed by atoms with Crippen molar-refractivity contribution in [1.82, 2.24) is 9.29 Å². The van der Waals surface area contributed by atoms with Crippen molar-refractivity contribution in [2.45, 2.75) is 77.1 Å². The number of rotatable bonds is 6. The molecule has 2 aliphatic rings. The first-order chi connectivity index (χ1) is 13.3. The zero-order chi connectivity index (χ0) is 19.9. The first kappa shape index (κ1) is 20.3. The largest absolute Gasteiger partial charge is 0.598 e. The summed E-state index contributed by atoms with van der Waals surface area (Å²) in [6.07, 6.45) is 6.68. The normalized spacial score (nSPS) is 21.2. The summed E-state index contributed by atoms with van der Waals surface area (Å²) in [6, 6.07) is 7.06. The van der Waals surface area contributed by atoms with Gasteiger partial charge in [-0.25, -0.2) is 0 Å². The lowest BCUT2D eigenvalue weighted by Gasteiger charge is -2.23. The summed E-state index contributed by atoms with van der Waals surface area (Å²) < 4.78 is 23.7. The van der Waals surface area contributed by atoms with Gasteiger partial charge in [0.1, 0.15) is 5.25 Å². The van der Waals surface area contributed by atoms with Gasteiger partial charge in [0.15, 0.2) is 0 Å². The Morgan fingerprint density at radius 1 is 1.21 bits per heavy atom. The van der Waals surface area contributed by atoms with Gasteiger partial charge in [0, 0.05) is 61.1 Å². The standard InChI is InChI=1S/C23H34N2O2S/c1-16(24-28(26)19-6-7-19)21-14-25(15-23(2,3)4)22-13-18(5-8-20(21)22)17-9-11-27-12-10-17/h5,8,13-14,16-17,19,24H,6-7,9-12,15H2,1-4H3. The molecule has 1 aromatic carbocycles. The van der Waals surface area contributed by atoms with Crippen LogP contribution in [0.4, 0.5) is 0 Å². The Morgan fingerprint density at radius 2 is 1.93 bits per heavy atom. The van der Waals surface area contributed by atoms with Gasteiger partial charge in [-0.1, -0.05) is 32.9 Å². The molecule has 0 amide bonds. The van der Waals surface area contributed by atoms with Crippen LogP contribution in [0.2, 0.25) is 0 Å². The van der Waals surface area contributed by atoms with E-state index in [2.05, 4.69) is 61.4 Å². The van der Waals surface area contributed by atoms with Gasteiger partial charge in [-0.05, 0) is 48.3 Å². The molecule has 1 aliphatic heterocycles. The maximum absolute atomic E-state index is 12.4. The third kappa shape index (κ3) is 4.59. The molecule has 4 rings (SSSR count). The van der Waals surface area contributed by atoms with Crippen LogP contribution in [-0.4, -0.2) is 27.6 Å². The first-order valence-electron chi connectivity index (χ1n) is 10.7. The average molecular weight is 403 g/mol. The van der Waals surface area contributed by atoms with E-state index in [-0.39, 0.29) is 11.5 Å². The van der Waals surface area contributed by atoms with Crippen molar-refractivity contribution in [2.24, 2.45) is 5.41 Å². The molecule has 0 bridgehead atoms. The number of aromatic nitrogens is 1. The average Bonchev–Trinajstić information content (AvgIpc) is 3.45. The van der Waals surface area contributed by atoms with Gasteiger partial charge in [0.05, 0.1) is 6.04 Å². The van der Waals surface area contributed by atoms with Gasteiger partial charge in [-0.15, -0.1) is 4.72 Å². The minimum Gasteiger partial charge on any atom is -0.598 e. The van der Waals surface area contributed by atoms with Crippen molar-refractivity contribution in [3.05, 3.63) is 35.5 Å². The van der Waals surface area contributed by atoms with Crippen molar-refractivity contribution in [3.63, 3.8) is 0 Å². The lowest BCUT2D eigenvalue weighted by molar-refractivity contribution is 0.0853. The number of benzene rings is 1. The van der Waals surface area contributed by atoms with Crippen LogP contribution in [0.25, 0.3) is 10.9 Å². The number of hydrogen-bond acceptors (Lipinski definition) is 3. The number of nitrogens with one attached hydrogen (secondary N) is 1. The topological polar surface area (TPSA) is 49.2 Å². The zero-order valence-electron chi connectivity index (χ0n) is 17.7. The molecular weight excluding hydrogens is 368 g/mol. The molecule has 4 nitrogen and oxygen atoms in total. The second-order valence-electron chi connectivity index (χ2n) is 9.77. The second kappa shape index (κ2) is 8.02. The molecule has 2 fully saturated rings. The molecule has 0 spiro atoms. The van der Waals surface area contributed by atoms with Crippen LogP contribution in [-0.2, 0) is 22.6 Å².